The first-order valence-electron chi connectivity index (χ1n) is 24.2. The van der Waals surface area contributed by atoms with E-state index in [0.717, 1.165) is 45.9 Å². The molecule has 0 bridgehead atoms. The summed E-state index contributed by atoms with van der Waals surface area (Å²) in [6.07, 6.45) is 23.3. The van der Waals surface area contributed by atoms with Crippen molar-refractivity contribution in [3.63, 3.8) is 0 Å². The zero-order chi connectivity index (χ0) is 50.0. The van der Waals surface area contributed by atoms with E-state index in [0.29, 0.717) is 0 Å². The van der Waals surface area contributed by atoms with Crippen molar-refractivity contribution >= 4 is 71.6 Å². The van der Waals surface area contributed by atoms with Crippen molar-refractivity contribution in [2.24, 2.45) is 0 Å². The van der Waals surface area contributed by atoms with Gasteiger partial charge >= 0.3 is 0 Å². The van der Waals surface area contributed by atoms with Crippen LogP contribution in [0, 0.1) is 46.0 Å². The zero-order valence-electron chi connectivity index (χ0n) is 41.7. The molecule has 10 aromatic rings. The van der Waals surface area contributed by atoms with Gasteiger partial charge in [0, 0.05) is 44.2 Å². The standard InChI is InChI=1S/C64H52N2.C3H6.C2H2/c1-7-21-47(52(8-2)54-31-20-22-43(3)46(54)6)35-34-44(4)53-41-36-48(42-45(53)5)63-57-27-12-14-29-59(57)64(60-30-15-13-28-58(60)63)65(49-23-10-9-11-24-49)50-37-39-51(40-38-50)66-61-32-18-16-25-55(61)56-26-17-19-33-62(56)66;1-3-2;1-2/h2,7,9-34,36-42H,35H2,1,3-6H3;3H,1H2,2H3;1-2H/b21-7-,44-34-,52-47-;;. The van der Waals surface area contributed by atoms with Crippen molar-refractivity contribution in [1.29, 1.82) is 0 Å². The molecular weight excluding hydrogens is 857 g/mol. The maximum atomic E-state index is 6.22. The van der Waals surface area contributed by atoms with Gasteiger partial charge in [-0.2, -0.15) is 0 Å². The van der Waals surface area contributed by atoms with Gasteiger partial charge < -0.3 is 9.47 Å². The SMILES string of the molecule is C#C.C#C/C(=C(\C=C/C)C/C=C(/C)c1ccc(-c2c3ccccc3c(N(c3ccccc3)c3ccc(-n4c5ccccc5c5ccccc54)cc3)c3ccccc23)cc1C)c1cccc(C)c1C.C=CC. The molecule has 0 spiro atoms. The van der Waals surface area contributed by atoms with Gasteiger partial charge in [0.1, 0.15) is 0 Å². The molecule has 0 aliphatic heterocycles. The van der Waals surface area contributed by atoms with Crippen LogP contribution in [0.5, 0.6) is 0 Å². The van der Waals surface area contributed by atoms with Gasteiger partial charge in [-0.05, 0) is 157 Å². The van der Waals surface area contributed by atoms with E-state index >= 15 is 0 Å². The maximum Gasteiger partial charge on any atom is 0.0618 e. The van der Waals surface area contributed by atoms with Crippen LogP contribution in [-0.4, -0.2) is 4.57 Å². The second kappa shape index (κ2) is 22.1. The fourth-order valence-corrected chi connectivity index (χ4v) is 10.0. The Labute approximate surface area is 421 Å². The van der Waals surface area contributed by atoms with Crippen LogP contribution in [0.4, 0.5) is 17.1 Å². The number of nitrogens with zero attached hydrogens (tertiary/aromatic N) is 2. The third-order valence-electron chi connectivity index (χ3n) is 13.4. The van der Waals surface area contributed by atoms with Gasteiger partial charge in [0.25, 0.3) is 0 Å². The zero-order valence-corrected chi connectivity index (χ0v) is 41.7. The molecule has 0 fully saturated rings. The Kier molecular flexibility index (Phi) is 15.1. The van der Waals surface area contributed by atoms with Gasteiger partial charge in [0.2, 0.25) is 0 Å². The van der Waals surface area contributed by atoms with Gasteiger partial charge in [0.15, 0.2) is 0 Å². The molecule has 0 aliphatic carbocycles. The van der Waals surface area contributed by atoms with Gasteiger partial charge in [-0.1, -0.05) is 170 Å². The summed E-state index contributed by atoms with van der Waals surface area (Å²) in [5, 5.41) is 7.32. The summed E-state index contributed by atoms with van der Waals surface area (Å²) in [7, 11) is 0. The minimum Gasteiger partial charge on any atom is -0.309 e. The molecule has 9 aromatic carbocycles. The molecule has 1 aromatic heterocycles. The number of aryl methyl sites for hydroxylation is 2. The van der Waals surface area contributed by atoms with Crippen LogP contribution in [0.15, 0.2) is 225 Å². The molecule has 346 valence electrons. The Hall–Kier alpha value is -8.82. The topological polar surface area (TPSA) is 8.17 Å². The van der Waals surface area contributed by atoms with E-state index in [1.165, 1.54) is 82.3 Å². The predicted octanol–water partition coefficient (Wildman–Crippen LogP) is 19.1. The van der Waals surface area contributed by atoms with E-state index in [-0.39, 0.29) is 0 Å². The summed E-state index contributed by atoms with van der Waals surface area (Å²) in [6.45, 7) is 16.1. The first kappa shape index (κ1) is 48.6. The highest BCUT2D eigenvalue weighted by atomic mass is 15.1. The molecule has 0 atom stereocenters. The summed E-state index contributed by atoms with van der Waals surface area (Å²) in [4.78, 5) is 2.44. The second-order valence-electron chi connectivity index (χ2n) is 17.7. The molecule has 10 rings (SSSR count). The lowest BCUT2D eigenvalue weighted by Crippen LogP contribution is -2.11. The predicted molar refractivity (Wildman–Crippen MR) is 311 cm³/mol. The van der Waals surface area contributed by atoms with Crippen LogP contribution in [0.2, 0.25) is 0 Å². The minimum atomic E-state index is 0.738. The molecule has 0 amide bonds. The van der Waals surface area contributed by atoms with Crippen molar-refractivity contribution in [2.75, 3.05) is 4.90 Å². The number of aromatic nitrogens is 1. The second-order valence-corrected chi connectivity index (χ2v) is 17.7. The normalized spacial score (nSPS) is 11.7. The van der Waals surface area contributed by atoms with E-state index in [4.69, 9.17) is 6.42 Å². The average Bonchev–Trinajstić information content (AvgIpc) is 3.75. The molecule has 71 heavy (non-hydrogen) atoms. The van der Waals surface area contributed by atoms with Crippen LogP contribution in [0.1, 0.15) is 55.0 Å². The monoisotopic (exact) mass is 916 g/mol. The maximum absolute atomic E-state index is 6.22. The number of hydrogen-bond acceptors (Lipinski definition) is 1. The molecule has 0 unspecified atom stereocenters. The molecule has 0 radical (unpaired) electrons. The van der Waals surface area contributed by atoms with Crippen molar-refractivity contribution in [3.8, 4) is 42.0 Å². The largest absolute Gasteiger partial charge is 0.309 e. The van der Waals surface area contributed by atoms with Crippen LogP contribution < -0.4 is 4.90 Å². The van der Waals surface area contributed by atoms with Crippen LogP contribution in [0.3, 0.4) is 0 Å². The third kappa shape index (κ3) is 9.50. The van der Waals surface area contributed by atoms with Crippen LogP contribution >= 0.6 is 0 Å². The molecule has 0 saturated carbocycles. The molecule has 2 nitrogen and oxygen atoms in total. The summed E-state index contributed by atoms with van der Waals surface area (Å²) in [5.74, 6) is 3.04. The summed E-state index contributed by atoms with van der Waals surface area (Å²) >= 11 is 0. The molecular formula is C69H60N2. The first-order chi connectivity index (χ1) is 34.8. The van der Waals surface area contributed by atoms with Crippen molar-refractivity contribution in [3.05, 3.63) is 252 Å². The van der Waals surface area contributed by atoms with Crippen molar-refractivity contribution in [2.45, 2.75) is 48.0 Å². The highest BCUT2D eigenvalue weighted by Crippen LogP contribution is 2.48. The molecule has 0 saturated heterocycles. The smallest absolute Gasteiger partial charge is 0.0618 e. The number of benzene rings is 9. The van der Waals surface area contributed by atoms with E-state index in [2.05, 4.69) is 276 Å². The number of hydrogen-bond donors (Lipinski definition) is 0. The van der Waals surface area contributed by atoms with E-state index in [1.807, 2.05) is 6.92 Å². The van der Waals surface area contributed by atoms with E-state index in [1.54, 1.807) is 6.08 Å². The van der Waals surface area contributed by atoms with Crippen LogP contribution in [-0.2, 0) is 0 Å². The third-order valence-corrected chi connectivity index (χ3v) is 13.4. The molecule has 1 heterocycles. The van der Waals surface area contributed by atoms with Crippen molar-refractivity contribution < 1.29 is 0 Å². The lowest BCUT2D eigenvalue weighted by atomic mass is 9.88. The lowest BCUT2D eigenvalue weighted by molar-refractivity contribution is 1.17. The summed E-state index contributed by atoms with van der Waals surface area (Å²) < 4.78 is 2.38. The Morgan fingerprint density at radius 3 is 1.65 bits per heavy atom. The Balaban J connectivity index is 0.00000130. The number of allylic oxidation sites excluding steroid dienone is 7. The van der Waals surface area contributed by atoms with Crippen LogP contribution in [0.25, 0.3) is 71.3 Å². The Morgan fingerprint density at radius 2 is 1.10 bits per heavy atom. The quantitative estimate of drug-likeness (QED) is 0.0574. The highest BCUT2D eigenvalue weighted by Gasteiger charge is 2.23. The first-order valence-corrected chi connectivity index (χ1v) is 24.2. The minimum absolute atomic E-state index is 0.738. The van der Waals surface area contributed by atoms with Gasteiger partial charge in [0.05, 0.1) is 16.7 Å². The molecule has 0 N–H and O–H groups in total. The number of terminal acetylenes is 2. The van der Waals surface area contributed by atoms with Gasteiger partial charge in [-0.25, -0.2) is 0 Å². The highest BCUT2D eigenvalue weighted by molar-refractivity contribution is 6.22. The van der Waals surface area contributed by atoms with Gasteiger partial charge in [-0.15, -0.1) is 25.8 Å². The summed E-state index contributed by atoms with van der Waals surface area (Å²) in [5.41, 5.74) is 18.7. The van der Waals surface area contributed by atoms with Gasteiger partial charge in [-0.3, -0.25) is 0 Å². The average molecular weight is 917 g/mol. The lowest BCUT2D eigenvalue weighted by Gasteiger charge is -2.29. The fraction of sp³-hybridized carbons (Fsp3) is 0.101. The number of fused-ring (bicyclic) bond motifs is 5. The number of para-hydroxylation sites is 3. The van der Waals surface area contributed by atoms with E-state index in [9.17, 15) is 0 Å². The number of anilines is 3. The number of rotatable bonds is 10. The Bertz CT molecular complexity index is 3600. The van der Waals surface area contributed by atoms with E-state index < -0.39 is 0 Å². The molecule has 2 heteroatoms. The summed E-state index contributed by atoms with van der Waals surface area (Å²) in [6, 6.07) is 68.4. The fourth-order valence-electron chi connectivity index (χ4n) is 10.0. The Morgan fingerprint density at radius 1 is 0.577 bits per heavy atom. The van der Waals surface area contributed by atoms with Crippen molar-refractivity contribution in [1.82, 2.24) is 4.57 Å². The molecule has 0 aliphatic rings.